The maximum absolute atomic E-state index is 4.43. The quantitative estimate of drug-likeness (QED) is 0.932. The minimum atomic E-state index is 0.851. The summed E-state index contributed by atoms with van der Waals surface area (Å²) < 4.78 is 0.954. The number of anilines is 2. The molecule has 3 rings (SSSR count). The Balaban J connectivity index is 1.89. The van der Waals surface area contributed by atoms with Gasteiger partial charge in [0.25, 0.3) is 0 Å². The second kappa shape index (κ2) is 5.46. The number of fused-ring (bicyclic) bond motifs is 1. The third-order valence-electron chi connectivity index (χ3n) is 3.22. The van der Waals surface area contributed by atoms with Crippen LogP contribution in [0.15, 0.2) is 22.2 Å². The lowest BCUT2D eigenvalue weighted by molar-refractivity contribution is 0.728. The van der Waals surface area contributed by atoms with Crippen LogP contribution in [0.25, 0.3) is 0 Å². The van der Waals surface area contributed by atoms with Gasteiger partial charge in [-0.1, -0.05) is 0 Å². The van der Waals surface area contributed by atoms with Gasteiger partial charge in [0.2, 0.25) is 0 Å². The second-order valence-electron chi connectivity index (χ2n) is 4.43. The minimum Gasteiger partial charge on any atom is -0.369 e. The van der Waals surface area contributed by atoms with E-state index in [2.05, 4.69) is 54.5 Å². The summed E-state index contributed by atoms with van der Waals surface area (Å²) in [5.74, 6) is 1.84. The van der Waals surface area contributed by atoms with E-state index < -0.39 is 0 Å². The fraction of sp³-hybridized carbons (Fsp3) is 0.385. The molecular weight excluding hydrogens is 324 g/mol. The van der Waals surface area contributed by atoms with Crippen molar-refractivity contribution in [2.24, 2.45) is 0 Å². The van der Waals surface area contributed by atoms with Crippen LogP contribution in [-0.2, 0) is 13.0 Å². The van der Waals surface area contributed by atoms with Crippen LogP contribution in [0.5, 0.6) is 0 Å². The number of nitrogens with one attached hydrogen (secondary N) is 1. The summed E-state index contributed by atoms with van der Waals surface area (Å²) in [5.41, 5.74) is 1.42. The maximum atomic E-state index is 4.43. The van der Waals surface area contributed by atoms with Crippen molar-refractivity contribution in [1.29, 1.82) is 0 Å². The molecule has 2 aromatic heterocycles. The van der Waals surface area contributed by atoms with E-state index in [4.69, 9.17) is 0 Å². The summed E-state index contributed by atoms with van der Waals surface area (Å²) in [7, 11) is 0. The predicted octanol–water partition coefficient (Wildman–Crippen LogP) is 3.30. The second-order valence-corrected chi connectivity index (χ2v) is 6.22. The van der Waals surface area contributed by atoms with Gasteiger partial charge >= 0.3 is 0 Å². The Labute approximate surface area is 125 Å². The van der Waals surface area contributed by atoms with Crippen LogP contribution < -0.4 is 10.2 Å². The monoisotopic (exact) mass is 338 g/mol. The lowest BCUT2D eigenvalue weighted by Gasteiger charge is -2.29. The van der Waals surface area contributed by atoms with E-state index in [1.54, 1.807) is 6.33 Å². The number of thiophene rings is 1. The zero-order valence-electron chi connectivity index (χ0n) is 10.7. The highest BCUT2D eigenvalue weighted by atomic mass is 79.9. The summed E-state index contributed by atoms with van der Waals surface area (Å²) in [6.07, 6.45) is 2.72. The first kappa shape index (κ1) is 12.9. The molecule has 1 aliphatic heterocycles. The van der Waals surface area contributed by atoms with Crippen molar-refractivity contribution in [3.8, 4) is 0 Å². The Morgan fingerprint density at radius 1 is 1.47 bits per heavy atom. The molecule has 2 aromatic rings. The van der Waals surface area contributed by atoms with Crippen LogP contribution in [0.2, 0.25) is 0 Å². The fourth-order valence-corrected chi connectivity index (χ4v) is 3.79. The molecule has 0 saturated carbocycles. The topological polar surface area (TPSA) is 41.1 Å². The van der Waals surface area contributed by atoms with Crippen molar-refractivity contribution in [3.05, 3.63) is 32.7 Å². The molecular formula is C13H15BrN4S. The van der Waals surface area contributed by atoms with Gasteiger partial charge in [0.15, 0.2) is 0 Å². The van der Waals surface area contributed by atoms with Crippen LogP contribution in [0, 0.1) is 0 Å². The average molecular weight is 339 g/mol. The van der Waals surface area contributed by atoms with Gasteiger partial charge in [0, 0.05) is 24.5 Å². The predicted molar refractivity (Wildman–Crippen MR) is 83.0 cm³/mol. The van der Waals surface area contributed by atoms with Crippen molar-refractivity contribution in [2.45, 2.75) is 19.9 Å². The Kier molecular flexibility index (Phi) is 3.70. The van der Waals surface area contributed by atoms with Gasteiger partial charge in [-0.2, -0.15) is 0 Å². The van der Waals surface area contributed by atoms with Crippen LogP contribution in [-0.4, -0.2) is 23.1 Å². The smallest absolute Gasteiger partial charge is 0.148 e. The first-order valence-electron chi connectivity index (χ1n) is 6.34. The third-order valence-corrected chi connectivity index (χ3v) is 4.98. The normalized spacial score (nSPS) is 14.3. The highest BCUT2D eigenvalue weighted by Gasteiger charge is 2.21. The maximum Gasteiger partial charge on any atom is 0.148 e. The summed E-state index contributed by atoms with van der Waals surface area (Å²) in [5, 5.41) is 5.42. The highest BCUT2D eigenvalue weighted by molar-refractivity contribution is 9.10. The van der Waals surface area contributed by atoms with Gasteiger partial charge in [-0.05, 0) is 46.3 Å². The first-order valence-corrected chi connectivity index (χ1v) is 8.01. The molecule has 1 aliphatic rings. The Morgan fingerprint density at radius 3 is 3.21 bits per heavy atom. The van der Waals surface area contributed by atoms with Crippen molar-refractivity contribution < 1.29 is 0 Å². The van der Waals surface area contributed by atoms with E-state index in [0.29, 0.717) is 0 Å². The molecule has 0 radical (unpaired) electrons. The number of halogens is 1. The zero-order chi connectivity index (χ0) is 13.2. The number of rotatable bonds is 3. The van der Waals surface area contributed by atoms with Crippen LogP contribution in [0.4, 0.5) is 11.6 Å². The molecule has 100 valence electrons. The van der Waals surface area contributed by atoms with E-state index in [1.807, 2.05) is 11.3 Å². The molecule has 0 aliphatic carbocycles. The van der Waals surface area contributed by atoms with E-state index >= 15 is 0 Å². The molecule has 0 bridgehead atoms. The molecule has 19 heavy (non-hydrogen) atoms. The van der Waals surface area contributed by atoms with Gasteiger partial charge in [-0.25, -0.2) is 9.97 Å². The zero-order valence-corrected chi connectivity index (χ0v) is 13.1. The Morgan fingerprint density at radius 2 is 2.37 bits per heavy atom. The van der Waals surface area contributed by atoms with Gasteiger partial charge in [0.1, 0.15) is 22.4 Å². The van der Waals surface area contributed by atoms with E-state index in [9.17, 15) is 0 Å². The van der Waals surface area contributed by atoms with Gasteiger partial charge in [0.05, 0.1) is 0 Å². The van der Waals surface area contributed by atoms with E-state index in [0.717, 1.165) is 42.2 Å². The molecule has 1 N–H and O–H groups in total. The number of aromatic nitrogens is 2. The molecule has 0 amide bonds. The number of hydrogen-bond donors (Lipinski definition) is 1. The molecule has 0 aromatic carbocycles. The molecule has 6 heteroatoms. The Bertz CT molecular complexity index is 584. The van der Waals surface area contributed by atoms with Crippen LogP contribution in [0.1, 0.15) is 17.4 Å². The van der Waals surface area contributed by atoms with Gasteiger partial charge in [-0.15, -0.1) is 11.3 Å². The molecule has 3 heterocycles. The van der Waals surface area contributed by atoms with Crippen molar-refractivity contribution in [2.75, 3.05) is 23.3 Å². The summed E-state index contributed by atoms with van der Waals surface area (Å²) >= 11 is 5.48. The van der Waals surface area contributed by atoms with Crippen LogP contribution in [0.3, 0.4) is 0 Å². The molecule has 0 unspecified atom stereocenters. The van der Waals surface area contributed by atoms with Crippen molar-refractivity contribution >= 4 is 38.9 Å². The first-order chi connectivity index (χ1) is 9.29. The molecule has 0 atom stereocenters. The average Bonchev–Trinajstić information content (AvgIpc) is 2.88. The molecule has 0 spiro atoms. The Hall–Kier alpha value is -1.14. The summed E-state index contributed by atoms with van der Waals surface area (Å²) in [4.78, 5) is 12.5. The summed E-state index contributed by atoms with van der Waals surface area (Å²) in [6.45, 7) is 4.85. The summed E-state index contributed by atoms with van der Waals surface area (Å²) in [6, 6.07) is 2.21. The van der Waals surface area contributed by atoms with E-state index in [-0.39, 0.29) is 0 Å². The van der Waals surface area contributed by atoms with Gasteiger partial charge in [-0.3, -0.25) is 0 Å². The minimum absolute atomic E-state index is 0.851. The van der Waals surface area contributed by atoms with Crippen molar-refractivity contribution in [3.63, 3.8) is 0 Å². The molecule has 4 nitrogen and oxygen atoms in total. The lowest BCUT2D eigenvalue weighted by atomic mass is 10.1. The fourth-order valence-electron chi connectivity index (χ4n) is 2.30. The largest absolute Gasteiger partial charge is 0.369 e. The van der Waals surface area contributed by atoms with Crippen molar-refractivity contribution in [1.82, 2.24) is 9.97 Å². The number of hydrogen-bond acceptors (Lipinski definition) is 5. The van der Waals surface area contributed by atoms with Gasteiger partial charge < -0.3 is 10.2 Å². The number of nitrogens with zero attached hydrogens (tertiary/aromatic N) is 3. The van der Waals surface area contributed by atoms with E-state index in [1.165, 1.54) is 10.4 Å². The SMILES string of the molecule is CCNc1ncnc(N2CCc3sccc3C2)c1Br. The molecule has 0 fully saturated rings. The molecule has 0 saturated heterocycles. The van der Waals surface area contributed by atoms with Crippen LogP contribution >= 0.6 is 27.3 Å². The lowest BCUT2D eigenvalue weighted by Crippen LogP contribution is -2.30. The highest BCUT2D eigenvalue weighted by Crippen LogP contribution is 2.33. The third kappa shape index (κ3) is 2.47. The standard InChI is InChI=1S/C13H15BrN4S/c1-2-15-12-11(14)13(17-8-16-12)18-5-3-10-9(7-18)4-6-19-10/h4,6,8H,2-3,5,7H2,1H3,(H,15,16,17).